The fourth-order valence-electron chi connectivity index (χ4n) is 3.88. The zero-order valence-corrected chi connectivity index (χ0v) is 17.7. The smallest absolute Gasteiger partial charge is 0.272 e. The van der Waals surface area contributed by atoms with Gasteiger partial charge in [0.25, 0.3) is 5.91 Å². The van der Waals surface area contributed by atoms with Crippen molar-refractivity contribution in [2.75, 3.05) is 31.1 Å². The number of likely N-dealkylation sites (N-methyl/N-ethyl adjacent to an activating group) is 1. The van der Waals surface area contributed by atoms with Crippen LogP contribution in [0.25, 0.3) is 0 Å². The Labute approximate surface area is 181 Å². The Balaban J connectivity index is 1.45. The topological polar surface area (TPSA) is 59.4 Å². The molecule has 0 bridgehead atoms. The standard InChI is InChI=1S/C24H27FN4O2/c1-2-28(20-6-4-3-5-7-20)14-13-26-24(30)23-21-17-31-15-12-22(21)29(27-23)16-18-8-10-19(25)11-9-18/h3-11H,2,12-17H2,1H3,(H,26,30). The molecule has 1 N–H and O–H groups in total. The lowest BCUT2D eigenvalue weighted by Crippen LogP contribution is -2.35. The number of halogens is 1. The van der Waals surface area contributed by atoms with E-state index in [1.54, 1.807) is 12.1 Å². The van der Waals surface area contributed by atoms with Gasteiger partial charge in [-0.25, -0.2) is 4.39 Å². The lowest BCUT2D eigenvalue weighted by Gasteiger charge is -2.23. The van der Waals surface area contributed by atoms with Crippen molar-refractivity contribution in [2.45, 2.75) is 26.5 Å². The predicted octanol–water partition coefficient (Wildman–Crippen LogP) is 3.40. The highest BCUT2D eigenvalue weighted by Crippen LogP contribution is 2.22. The minimum absolute atomic E-state index is 0.191. The minimum Gasteiger partial charge on any atom is -0.376 e. The molecule has 3 aromatic rings. The van der Waals surface area contributed by atoms with E-state index in [1.165, 1.54) is 12.1 Å². The molecule has 1 amide bonds. The molecule has 4 rings (SSSR count). The van der Waals surface area contributed by atoms with Crippen LogP contribution >= 0.6 is 0 Å². The van der Waals surface area contributed by atoms with Gasteiger partial charge in [0.15, 0.2) is 5.69 Å². The van der Waals surface area contributed by atoms with Crippen LogP contribution in [0.1, 0.15) is 34.2 Å². The van der Waals surface area contributed by atoms with Crippen LogP contribution in [-0.2, 0) is 24.3 Å². The van der Waals surface area contributed by atoms with Crippen molar-refractivity contribution in [3.05, 3.63) is 82.9 Å². The Bertz CT molecular complexity index is 1020. The summed E-state index contributed by atoms with van der Waals surface area (Å²) < 4.78 is 20.7. The first kappa shape index (κ1) is 21.1. The van der Waals surface area contributed by atoms with Gasteiger partial charge in [0.1, 0.15) is 5.82 Å². The summed E-state index contributed by atoms with van der Waals surface area (Å²) in [4.78, 5) is 15.1. The molecule has 162 valence electrons. The number of fused-ring (bicyclic) bond motifs is 1. The second-order valence-electron chi connectivity index (χ2n) is 7.53. The zero-order chi connectivity index (χ0) is 21.6. The maximum atomic E-state index is 13.2. The van der Waals surface area contributed by atoms with Gasteiger partial charge < -0.3 is 15.0 Å². The Morgan fingerprint density at radius 1 is 1.19 bits per heavy atom. The minimum atomic E-state index is -0.267. The molecule has 2 aromatic carbocycles. The van der Waals surface area contributed by atoms with Crippen molar-refractivity contribution in [1.82, 2.24) is 15.1 Å². The summed E-state index contributed by atoms with van der Waals surface area (Å²) in [5.41, 5.74) is 4.35. The first-order valence-electron chi connectivity index (χ1n) is 10.6. The van der Waals surface area contributed by atoms with Crippen molar-refractivity contribution in [1.29, 1.82) is 0 Å². The van der Waals surface area contributed by atoms with Gasteiger partial charge in [-0.1, -0.05) is 30.3 Å². The molecule has 1 aromatic heterocycles. The molecule has 7 heteroatoms. The molecule has 0 unspecified atom stereocenters. The third-order valence-corrected chi connectivity index (χ3v) is 5.53. The van der Waals surface area contributed by atoms with E-state index in [1.807, 2.05) is 22.9 Å². The normalized spacial score (nSPS) is 13.0. The largest absolute Gasteiger partial charge is 0.376 e. The number of nitrogens with one attached hydrogen (secondary N) is 1. The van der Waals surface area contributed by atoms with Crippen LogP contribution in [0, 0.1) is 5.82 Å². The fraction of sp³-hybridized carbons (Fsp3) is 0.333. The molecular weight excluding hydrogens is 395 g/mol. The van der Waals surface area contributed by atoms with Crippen LogP contribution in [0.15, 0.2) is 54.6 Å². The molecule has 0 radical (unpaired) electrons. The Morgan fingerprint density at radius 2 is 1.97 bits per heavy atom. The van der Waals surface area contributed by atoms with Crippen LogP contribution in [0.5, 0.6) is 0 Å². The van der Waals surface area contributed by atoms with Gasteiger partial charge in [0.05, 0.1) is 19.8 Å². The molecule has 1 aliphatic rings. The van der Waals surface area contributed by atoms with Gasteiger partial charge in [0.2, 0.25) is 0 Å². The number of amides is 1. The SMILES string of the molecule is CCN(CCNC(=O)c1nn(Cc2ccc(F)cc2)c2c1COCC2)c1ccccc1. The number of carbonyl (C=O) groups excluding carboxylic acids is 1. The summed E-state index contributed by atoms with van der Waals surface area (Å²) in [5, 5.41) is 7.61. The molecule has 31 heavy (non-hydrogen) atoms. The quantitative estimate of drug-likeness (QED) is 0.605. The van der Waals surface area contributed by atoms with Gasteiger partial charge in [-0.05, 0) is 36.8 Å². The molecule has 1 aliphatic heterocycles. The van der Waals surface area contributed by atoms with Crippen LogP contribution in [-0.4, -0.2) is 41.9 Å². The predicted molar refractivity (Wildman–Crippen MR) is 118 cm³/mol. The Kier molecular flexibility index (Phi) is 6.62. The van der Waals surface area contributed by atoms with Crippen LogP contribution in [0.2, 0.25) is 0 Å². The summed E-state index contributed by atoms with van der Waals surface area (Å²) >= 11 is 0. The van der Waals surface area contributed by atoms with Crippen molar-refractivity contribution in [2.24, 2.45) is 0 Å². The number of ether oxygens (including phenoxy) is 1. The highest BCUT2D eigenvalue weighted by Gasteiger charge is 2.25. The Morgan fingerprint density at radius 3 is 2.71 bits per heavy atom. The molecule has 0 aliphatic carbocycles. The van der Waals surface area contributed by atoms with Crippen molar-refractivity contribution >= 4 is 11.6 Å². The number of hydrogen-bond acceptors (Lipinski definition) is 4. The summed E-state index contributed by atoms with van der Waals surface area (Å²) in [5.74, 6) is -0.458. The number of nitrogens with zero attached hydrogens (tertiary/aromatic N) is 3. The van der Waals surface area contributed by atoms with E-state index < -0.39 is 0 Å². The maximum absolute atomic E-state index is 13.2. The van der Waals surface area contributed by atoms with Crippen molar-refractivity contribution in [3.8, 4) is 0 Å². The second-order valence-corrected chi connectivity index (χ2v) is 7.53. The molecule has 0 spiro atoms. The summed E-state index contributed by atoms with van der Waals surface area (Å²) in [6.45, 7) is 5.66. The number of benzene rings is 2. The van der Waals surface area contributed by atoms with E-state index >= 15 is 0 Å². The molecule has 6 nitrogen and oxygen atoms in total. The highest BCUT2D eigenvalue weighted by atomic mass is 19.1. The first-order valence-corrected chi connectivity index (χ1v) is 10.6. The van der Waals surface area contributed by atoms with Crippen LogP contribution in [0.4, 0.5) is 10.1 Å². The molecule has 0 atom stereocenters. The number of carbonyl (C=O) groups is 1. The number of hydrogen-bond donors (Lipinski definition) is 1. The molecule has 0 saturated carbocycles. The third-order valence-electron chi connectivity index (χ3n) is 5.53. The highest BCUT2D eigenvalue weighted by molar-refractivity contribution is 5.94. The fourth-order valence-corrected chi connectivity index (χ4v) is 3.88. The monoisotopic (exact) mass is 422 g/mol. The average molecular weight is 423 g/mol. The maximum Gasteiger partial charge on any atom is 0.272 e. The number of rotatable bonds is 8. The van der Waals surface area contributed by atoms with Gasteiger partial charge in [-0.3, -0.25) is 9.48 Å². The molecule has 2 heterocycles. The summed E-state index contributed by atoms with van der Waals surface area (Å²) in [6.07, 6.45) is 0.703. The average Bonchev–Trinajstić information content (AvgIpc) is 3.17. The van der Waals surface area contributed by atoms with Crippen LogP contribution < -0.4 is 10.2 Å². The summed E-state index contributed by atoms with van der Waals surface area (Å²) in [6, 6.07) is 16.5. The van der Waals surface area contributed by atoms with E-state index in [4.69, 9.17) is 4.74 Å². The van der Waals surface area contributed by atoms with Gasteiger partial charge in [-0.2, -0.15) is 5.10 Å². The number of aromatic nitrogens is 2. The number of para-hydroxylation sites is 1. The van der Waals surface area contributed by atoms with E-state index in [-0.39, 0.29) is 11.7 Å². The van der Waals surface area contributed by atoms with E-state index in [0.29, 0.717) is 45.0 Å². The second kappa shape index (κ2) is 9.75. The zero-order valence-electron chi connectivity index (χ0n) is 17.7. The lowest BCUT2D eigenvalue weighted by atomic mass is 10.1. The molecular formula is C24H27FN4O2. The van der Waals surface area contributed by atoms with E-state index in [2.05, 4.69) is 34.4 Å². The van der Waals surface area contributed by atoms with Crippen LogP contribution in [0.3, 0.4) is 0 Å². The van der Waals surface area contributed by atoms with E-state index in [0.717, 1.165) is 29.1 Å². The first-order chi connectivity index (χ1) is 15.2. The third kappa shape index (κ3) is 4.94. The van der Waals surface area contributed by atoms with Gasteiger partial charge in [0, 0.05) is 43.0 Å². The molecule has 0 saturated heterocycles. The van der Waals surface area contributed by atoms with Crippen molar-refractivity contribution < 1.29 is 13.9 Å². The summed E-state index contributed by atoms with van der Waals surface area (Å²) in [7, 11) is 0. The lowest BCUT2D eigenvalue weighted by molar-refractivity contribution is 0.0926. The van der Waals surface area contributed by atoms with Gasteiger partial charge >= 0.3 is 0 Å². The Hall–Kier alpha value is -3.19. The van der Waals surface area contributed by atoms with E-state index in [9.17, 15) is 9.18 Å². The van der Waals surface area contributed by atoms with Crippen molar-refractivity contribution in [3.63, 3.8) is 0 Å². The number of anilines is 1. The van der Waals surface area contributed by atoms with Gasteiger partial charge in [-0.15, -0.1) is 0 Å². The molecule has 0 fully saturated rings.